The zero-order chi connectivity index (χ0) is 15.7. The lowest BCUT2D eigenvalue weighted by atomic mass is 10.1. The lowest BCUT2D eigenvalue weighted by Crippen LogP contribution is -2.68. The van der Waals surface area contributed by atoms with Crippen LogP contribution >= 0.6 is 11.3 Å². The summed E-state index contributed by atoms with van der Waals surface area (Å²) in [6.07, 6.45) is 0. The Balaban J connectivity index is 0.000000254. The summed E-state index contributed by atoms with van der Waals surface area (Å²) in [5, 5.41) is 4.87. The van der Waals surface area contributed by atoms with Crippen molar-refractivity contribution in [1.82, 2.24) is 0 Å². The summed E-state index contributed by atoms with van der Waals surface area (Å²) in [4.78, 5) is 3.53. The SMILES string of the molecule is [O-][Cl+3]([O-])([O-])[O-].c1ccc2c3csc4ccccc4c-3[nH+]c2c1. The van der Waals surface area contributed by atoms with E-state index in [4.69, 9.17) is 18.6 Å². The predicted molar refractivity (Wildman–Crippen MR) is 72.5 cm³/mol. The Bertz CT molecular complexity index is 897. The monoisotopic (exact) mass is 335 g/mol. The molecule has 0 atom stereocenters. The molecule has 112 valence electrons. The molecule has 2 heterocycles. The van der Waals surface area contributed by atoms with Crippen LogP contribution in [0.15, 0.2) is 53.9 Å². The fraction of sp³-hybridized carbons (Fsp3) is 0. The number of nitrogens with one attached hydrogen (secondary N) is 1. The maximum atomic E-state index is 8.49. The van der Waals surface area contributed by atoms with Crippen molar-refractivity contribution in [2.75, 3.05) is 0 Å². The van der Waals surface area contributed by atoms with E-state index in [1.165, 1.54) is 32.2 Å². The van der Waals surface area contributed by atoms with E-state index in [2.05, 4.69) is 58.9 Å². The van der Waals surface area contributed by atoms with Crippen LogP contribution in [0.1, 0.15) is 0 Å². The highest BCUT2D eigenvalue weighted by Crippen LogP contribution is 2.35. The van der Waals surface area contributed by atoms with Crippen LogP contribution in [0, 0.1) is 10.2 Å². The summed E-state index contributed by atoms with van der Waals surface area (Å²) in [5.74, 6) is 0. The lowest BCUT2D eigenvalue weighted by Gasteiger charge is -2.17. The minimum Gasteiger partial charge on any atom is -0.222 e. The van der Waals surface area contributed by atoms with Crippen LogP contribution in [0.5, 0.6) is 0 Å². The molecule has 0 saturated heterocycles. The van der Waals surface area contributed by atoms with Crippen molar-refractivity contribution in [3.8, 4) is 11.3 Å². The molecule has 0 amide bonds. The third-order valence-electron chi connectivity index (χ3n) is 3.21. The number of H-pyrrole nitrogens is 1. The minimum atomic E-state index is -4.94. The molecule has 2 aliphatic rings. The van der Waals surface area contributed by atoms with Crippen LogP contribution in [0.25, 0.3) is 32.2 Å². The summed E-state index contributed by atoms with van der Waals surface area (Å²) in [6.45, 7) is 0. The van der Waals surface area contributed by atoms with Gasteiger partial charge in [0.25, 0.3) is 0 Å². The highest BCUT2D eigenvalue weighted by atomic mass is 35.7. The van der Waals surface area contributed by atoms with Gasteiger partial charge in [0.2, 0.25) is 11.2 Å². The molecule has 5 nitrogen and oxygen atoms in total. The molecule has 0 aliphatic carbocycles. The zero-order valence-corrected chi connectivity index (χ0v) is 12.7. The second-order valence-corrected chi connectivity index (χ2v) is 6.24. The van der Waals surface area contributed by atoms with Gasteiger partial charge in [0.15, 0.2) is 0 Å². The Labute approximate surface area is 131 Å². The van der Waals surface area contributed by atoms with Gasteiger partial charge in [-0.3, -0.25) is 0 Å². The Kier molecular flexibility index (Phi) is 3.96. The van der Waals surface area contributed by atoms with Crippen molar-refractivity contribution in [3.63, 3.8) is 0 Å². The van der Waals surface area contributed by atoms with Crippen LogP contribution in [-0.4, -0.2) is 0 Å². The first-order valence-electron chi connectivity index (χ1n) is 6.25. The van der Waals surface area contributed by atoms with Crippen LogP contribution in [-0.2, 0) is 0 Å². The molecular weight excluding hydrogens is 326 g/mol. The van der Waals surface area contributed by atoms with Gasteiger partial charge in [-0.15, -0.1) is 21.6 Å². The third-order valence-corrected chi connectivity index (χ3v) is 4.17. The summed E-state index contributed by atoms with van der Waals surface area (Å²) in [7, 11) is -4.94. The van der Waals surface area contributed by atoms with Gasteiger partial charge < -0.3 is 0 Å². The van der Waals surface area contributed by atoms with Crippen molar-refractivity contribution in [3.05, 3.63) is 53.9 Å². The predicted octanol–water partition coefficient (Wildman–Crippen LogP) is -0.783. The lowest BCUT2D eigenvalue weighted by molar-refractivity contribution is -2.00. The molecule has 0 unspecified atom stereocenters. The van der Waals surface area contributed by atoms with Crippen molar-refractivity contribution < 1.29 is 33.9 Å². The number of halogens is 1. The third kappa shape index (κ3) is 3.17. The van der Waals surface area contributed by atoms with Gasteiger partial charge >= 0.3 is 0 Å². The van der Waals surface area contributed by atoms with E-state index >= 15 is 0 Å². The van der Waals surface area contributed by atoms with E-state index in [0.29, 0.717) is 0 Å². The van der Waals surface area contributed by atoms with E-state index in [1.54, 1.807) is 11.3 Å². The summed E-state index contributed by atoms with van der Waals surface area (Å²) in [5.41, 5.74) is 3.79. The smallest absolute Gasteiger partial charge is 0.221 e. The number of para-hydroxylation sites is 1. The first-order valence-corrected chi connectivity index (χ1v) is 8.36. The van der Waals surface area contributed by atoms with Crippen LogP contribution < -0.4 is 23.6 Å². The normalized spacial score (nSPS) is 11.6. The maximum Gasteiger partial charge on any atom is 0.221 e. The van der Waals surface area contributed by atoms with E-state index in [0.717, 1.165) is 0 Å². The zero-order valence-electron chi connectivity index (χ0n) is 11.1. The number of benzene rings is 2. The number of hydrogen-bond donors (Lipinski definition) is 0. The summed E-state index contributed by atoms with van der Waals surface area (Å²) < 4.78 is 35.3. The van der Waals surface area contributed by atoms with Crippen LogP contribution in [0.2, 0.25) is 0 Å². The average molecular weight is 336 g/mol. The molecule has 0 radical (unpaired) electrons. The Morgan fingerprint density at radius 3 is 2.14 bits per heavy atom. The Morgan fingerprint density at radius 2 is 1.41 bits per heavy atom. The summed E-state index contributed by atoms with van der Waals surface area (Å²) in [6, 6.07) is 17.0. The number of rotatable bonds is 0. The molecular formula is C15H10ClNO4S. The average Bonchev–Trinajstić information content (AvgIpc) is 2.84. The Morgan fingerprint density at radius 1 is 0.818 bits per heavy atom. The molecule has 22 heavy (non-hydrogen) atoms. The molecule has 1 N–H and O–H groups in total. The van der Waals surface area contributed by atoms with Gasteiger partial charge in [0.05, 0.1) is 16.3 Å². The number of aromatic amines is 1. The number of hydrogen-bond acceptors (Lipinski definition) is 5. The van der Waals surface area contributed by atoms with Gasteiger partial charge in [0, 0.05) is 16.1 Å². The molecule has 0 saturated carbocycles. The molecule has 2 aromatic rings. The number of fused-ring (bicyclic) bond motifs is 5. The number of aromatic nitrogens is 1. The molecule has 0 spiro atoms. The van der Waals surface area contributed by atoms with Gasteiger partial charge in [-0.1, -0.05) is 24.3 Å². The van der Waals surface area contributed by atoms with Crippen molar-refractivity contribution in [2.24, 2.45) is 0 Å². The quantitative estimate of drug-likeness (QED) is 0.420. The van der Waals surface area contributed by atoms with Crippen LogP contribution in [0.3, 0.4) is 0 Å². The first kappa shape index (κ1) is 15.1. The van der Waals surface area contributed by atoms with Gasteiger partial charge in [-0.25, -0.2) is 23.6 Å². The van der Waals surface area contributed by atoms with Gasteiger partial charge in [0.1, 0.15) is 0 Å². The highest BCUT2D eigenvalue weighted by molar-refractivity contribution is 7.17. The standard InChI is InChI=1S/C15H9NS.ClHO4/c1-3-7-13-10(5-1)12-9-17-14-8-4-2-6-11(14)15(12)16-13;2-1(3,4)5/h1-9H;(H,2,3,4,5). The summed E-state index contributed by atoms with van der Waals surface area (Å²) >= 11 is 1.81. The van der Waals surface area contributed by atoms with Crippen LogP contribution in [0.4, 0.5) is 0 Å². The maximum absolute atomic E-state index is 8.49. The molecule has 2 aliphatic heterocycles. The molecule has 0 fully saturated rings. The first-order chi connectivity index (χ1) is 10.4. The van der Waals surface area contributed by atoms with E-state index < -0.39 is 10.2 Å². The fourth-order valence-corrected chi connectivity index (χ4v) is 3.34. The Hall–Kier alpha value is -1.80. The molecule has 7 heteroatoms. The van der Waals surface area contributed by atoms with Gasteiger partial charge in [-0.2, -0.15) is 0 Å². The molecule has 4 rings (SSSR count). The van der Waals surface area contributed by atoms with E-state index in [-0.39, 0.29) is 0 Å². The van der Waals surface area contributed by atoms with Crippen molar-refractivity contribution >= 4 is 32.3 Å². The molecule has 0 bridgehead atoms. The molecule has 2 aromatic carbocycles. The second-order valence-electron chi connectivity index (χ2n) is 4.57. The van der Waals surface area contributed by atoms with E-state index in [1.807, 2.05) is 0 Å². The van der Waals surface area contributed by atoms with Gasteiger partial charge in [-0.05, 0) is 18.2 Å². The topological polar surface area (TPSA) is 106 Å². The van der Waals surface area contributed by atoms with E-state index in [9.17, 15) is 0 Å². The second kappa shape index (κ2) is 5.77. The molecule has 0 aromatic heterocycles. The van der Waals surface area contributed by atoms with Crippen molar-refractivity contribution in [1.29, 1.82) is 0 Å². The largest absolute Gasteiger partial charge is 0.222 e. The minimum absolute atomic E-state index is 1.21. The fourth-order valence-electron chi connectivity index (χ4n) is 2.40. The highest BCUT2D eigenvalue weighted by Gasteiger charge is 2.20. The van der Waals surface area contributed by atoms with Crippen molar-refractivity contribution in [2.45, 2.75) is 0 Å².